The second-order valence-corrected chi connectivity index (χ2v) is 5.51. The zero-order chi connectivity index (χ0) is 14.5. The highest BCUT2D eigenvalue weighted by atomic mass is 19.1. The molecule has 1 aromatic carbocycles. The molecule has 2 rings (SSSR count). The quantitative estimate of drug-likeness (QED) is 0.816. The van der Waals surface area contributed by atoms with Crippen molar-refractivity contribution >= 4 is 0 Å². The first-order chi connectivity index (χ1) is 9.58. The summed E-state index contributed by atoms with van der Waals surface area (Å²) in [6.45, 7) is 1.94. The Balaban J connectivity index is 1.94. The van der Waals surface area contributed by atoms with Gasteiger partial charge < -0.3 is 15.7 Å². The summed E-state index contributed by atoms with van der Waals surface area (Å²) >= 11 is 0. The van der Waals surface area contributed by atoms with Gasteiger partial charge in [0, 0.05) is 13.1 Å². The minimum absolute atomic E-state index is 0.114. The third-order valence-corrected chi connectivity index (χ3v) is 3.59. The van der Waals surface area contributed by atoms with E-state index in [9.17, 15) is 9.50 Å². The largest absolute Gasteiger partial charge is 0.393 e. The van der Waals surface area contributed by atoms with Gasteiger partial charge in [-0.25, -0.2) is 4.39 Å². The maximum absolute atomic E-state index is 13.6. The molecule has 0 amide bonds. The van der Waals surface area contributed by atoms with E-state index in [-0.39, 0.29) is 18.5 Å². The molecule has 0 atom stereocenters. The molecule has 1 saturated carbocycles. The number of aliphatic hydroxyl groups excluding tert-OH is 1. The zero-order valence-electron chi connectivity index (χ0n) is 11.8. The summed E-state index contributed by atoms with van der Waals surface area (Å²) in [7, 11) is 2.04. The van der Waals surface area contributed by atoms with Gasteiger partial charge in [0.25, 0.3) is 0 Å². The summed E-state index contributed by atoms with van der Waals surface area (Å²) in [6, 6.07) is 5.02. The summed E-state index contributed by atoms with van der Waals surface area (Å²) < 4.78 is 13.6. The molecule has 3 N–H and O–H groups in total. The van der Waals surface area contributed by atoms with Crippen molar-refractivity contribution in [1.29, 1.82) is 0 Å². The van der Waals surface area contributed by atoms with Gasteiger partial charge in [-0.1, -0.05) is 17.9 Å². The van der Waals surface area contributed by atoms with Crippen LogP contribution in [0.1, 0.15) is 24.0 Å². The summed E-state index contributed by atoms with van der Waals surface area (Å²) in [5.41, 5.74) is 6.75. The second kappa shape index (κ2) is 6.85. The van der Waals surface area contributed by atoms with Crippen LogP contribution >= 0.6 is 0 Å². The molecular weight excluding hydrogens is 255 g/mol. The number of hydrogen-bond donors (Lipinski definition) is 2. The average molecular weight is 276 g/mol. The van der Waals surface area contributed by atoms with E-state index in [0.29, 0.717) is 11.5 Å². The van der Waals surface area contributed by atoms with E-state index in [1.165, 1.54) is 6.07 Å². The molecule has 3 nitrogen and oxygen atoms in total. The lowest BCUT2D eigenvalue weighted by atomic mass is 9.82. The smallest absolute Gasteiger partial charge is 0.138 e. The molecule has 1 aromatic rings. The van der Waals surface area contributed by atoms with E-state index in [1.54, 1.807) is 12.1 Å². The molecule has 0 heterocycles. The van der Waals surface area contributed by atoms with E-state index in [1.807, 2.05) is 7.05 Å². The molecule has 0 saturated heterocycles. The lowest BCUT2D eigenvalue weighted by molar-refractivity contribution is 0.0274. The molecule has 0 unspecified atom stereocenters. The van der Waals surface area contributed by atoms with E-state index in [0.717, 1.165) is 31.5 Å². The summed E-state index contributed by atoms with van der Waals surface area (Å²) in [6.07, 6.45) is 1.67. The van der Waals surface area contributed by atoms with Crippen molar-refractivity contribution in [1.82, 2.24) is 4.90 Å². The van der Waals surface area contributed by atoms with Crippen LogP contribution < -0.4 is 5.73 Å². The molecule has 1 aliphatic rings. The normalized spacial score (nSPS) is 21.2. The van der Waals surface area contributed by atoms with Gasteiger partial charge in [0.2, 0.25) is 0 Å². The third-order valence-electron chi connectivity index (χ3n) is 3.59. The van der Waals surface area contributed by atoms with Crippen molar-refractivity contribution in [3.8, 4) is 11.8 Å². The van der Waals surface area contributed by atoms with Gasteiger partial charge in [-0.15, -0.1) is 0 Å². The van der Waals surface area contributed by atoms with Crippen LogP contribution in [-0.2, 0) is 6.54 Å². The van der Waals surface area contributed by atoms with E-state index >= 15 is 0 Å². The van der Waals surface area contributed by atoms with Crippen molar-refractivity contribution in [2.45, 2.75) is 25.5 Å². The fourth-order valence-corrected chi connectivity index (χ4v) is 2.58. The van der Waals surface area contributed by atoms with Gasteiger partial charge in [-0.2, -0.15) is 0 Å². The second-order valence-electron chi connectivity index (χ2n) is 5.51. The predicted molar refractivity (Wildman–Crippen MR) is 77.4 cm³/mol. The zero-order valence-corrected chi connectivity index (χ0v) is 11.8. The Labute approximate surface area is 119 Å². The van der Waals surface area contributed by atoms with Crippen LogP contribution in [0.5, 0.6) is 0 Å². The SMILES string of the molecule is CN(Cc1ccc(F)c(C#CCN)c1)CC1CC(O)C1. The van der Waals surface area contributed by atoms with Crippen molar-refractivity contribution < 1.29 is 9.50 Å². The monoisotopic (exact) mass is 276 g/mol. The molecule has 0 aliphatic heterocycles. The highest BCUT2D eigenvalue weighted by Gasteiger charge is 2.27. The van der Waals surface area contributed by atoms with E-state index in [2.05, 4.69) is 16.7 Å². The van der Waals surface area contributed by atoms with Crippen molar-refractivity contribution in [2.75, 3.05) is 20.1 Å². The Bertz CT molecular complexity index is 515. The Hall–Kier alpha value is -1.41. The first kappa shape index (κ1) is 15.0. The first-order valence-corrected chi connectivity index (χ1v) is 6.92. The number of nitrogens with zero attached hydrogens (tertiary/aromatic N) is 1. The number of benzene rings is 1. The number of halogens is 1. The fraction of sp³-hybridized carbons (Fsp3) is 0.500. The Kier molecular flexibility index (Phi) is 5.13. The Morgan fingerprint density at radius 2 is 2.20 bits per heavy atom. The van der Waals surface area contributed by atoms with Crippen LogP contribution in [0.3, 0.4) is 0 Å². The third kappa shape index (κ3) is 4.04. The maximum atomic E-state index is 13.6. The standard InChI is InChI=1S/C16H21FN2O/c1-19(11-13-8-15(20)9-13)10-12-4-5-16(17)14(7-12)3-2-6-18/h4-5,7,13,15,20H,6,8-11,18H2,1H3. The van der Waals surface area contributed by atoms with Crippen molar-refractivity contribution in [3.63, 3.8) is 0 Å². The number of rotatable bonds is 4. The van der Waals surface area contributed by atoms with Gasteiger partial charge in [-0.05, 0) is 43.5 Å². The topological polar surface area (TPSA) is 49.5 Å². The van der Waals surface area contributed by atoms with Gasteiger partial charge in [0.1, 0.15) is 5.82 Å². The molecule has 0 spiro atoms. The van der Waals surface area contributed by atoms with Crippen LogP contribution in [0, 0.1) is 23.6 Å². The number of nitrogens with two attached hydrogens (primary N) is 1. The van der Waals surface area contributed by atoms with E-state index in [4.69, 9.17) is 5.73 Å². The molecule has 0 radical (unpaired) electrons. The van der Waals surface area contributed by atoms with Crippen LogP contribution in [0.4, 0.5) is 4.39 Å². The maximum Gasteiger partial charge on any atom is 0.138 e. The van der Waals surface area contributed by atoms with Crippen LogP contribution in [0.2, 0.25) is 0 Å². The fourth-order valence-electron chi connectivity index (χ4n) is 2.58. The summed E-state index contributed by atoms with van der Waals surface area (Å²) in [4.78, 5) is 2.20. The highest BCUT2D eigenvalue weighted by molar-refractivity contribution is 5.38. The van der Waals surface area contributed by atoms with Crippen LogP contribution in [0.25, 0.3) is 0 Å². The van der Waals surface area contributed by atoms with Crippen LogP contribution in [0.15, 0.2) is 18.2 Å². The summed E-state index contributed by atoms with van der Waals surface area (Å²) in [5, 5.41) is 9.28. The van der Waals surface area contributed by atoms with Gasteiger partial charge >= 0.3 is 0 Å². The van der Waals surface area contributed by atoms with Gasteiger partial charge in [0.15, 0.2) is 0 Å². The lowest BCUT2D eigenvalue weighted by Gasteiger charge is -2.34. The summed E-state index contributed by atoms with van der Waals surface area (Å²) in [5.74, 6) is 5.70. The van der Waals surface area contributed by atoms with Crippen molar-refractivity contribution in [2.24, 2.45) is 11.7 Å². The molecule has 0 bridgehead atoms. The van der Waals surface area contributed by atoms with Crippen molar-refractivity contribution in [3.05, 3.63) is 35.1 Å². The van der Waals surface area contributed by atoms with Gasteiger partial charge in [-0.3, -0.25) is 0 Å². The molecule has 1 fully saturated rings. The minimum atomic E-state index is -0.306. The van der Waals surface area contributed by atoms with Crippen LogP contribution in [-0.4, -0.2) is 36.2 Å². The highest BCUT2D eigenvalue weighted by Crippen LogP contribution is 2.27. The first-order valence-electron chi connectivity index (χ1n) is 6.92. The molecule has 20 heavy (non-hydrogen) atoms. The molecule has 108 valence electrons. The minimum Gasteiger partial charge on any atom is -0.393 e. The number of aliphatic hydroxyl groups is 1. The predicted octanol–water partition coefficient (Wildman–Crippen LogP) is 1.34. The van der Waals surface area contributed by atoms with Gasteiger partial charge in [0.05, 0.1) is 18.2 Å². The number of hydrogen-bond acceptors (Lipinski definition) is 3. The molecule has 4 heteroatoms. The Morgan fingerprint density at radius 3 is 2.85 bits per heavy atom. The average Bonchev–Trinajstić information content (AvgIpc) is 2.37. The molecule has 0 aromatic heterocycles. The van der Waals surface area contributed by atoms with E-state index < -0.39 is 0 Å². The Morgan fingerprint density at radius 1 is 1.45 bits per heavy atom. The molecular formula is C16H21FN2O. The lowest BCUT2D eigenvalue weighted by Crippen LogP contribution is -2.36. The molecule has 1 aliphatic carbocycles.